The molecule has 2 aromatic rings. The van der Waals surface area contributed by atoms with Gasteiger partial charge in [-0.2, -0.15) is 0 Å². The molecule has 0 saturated heterocycles. The van der Waals surface area contributed by atoms with Crippen molar-refractivity contribution >= 4 is 23.2 Å². The number of nitrogens with one attached hydrogen (secondary N) is 1. The van der Waals surface area contributed by atoms with Crippen LogP contribution < -0.4 is 10.1 Å². The van der Waals surface area contributed by atoms with Gasteiger partial charge in [0.2, 0.25) is 0 Å². The van der Waals surface area contributed by atoms with Gasteiger partial charge in [-0.25, -0.2) is 0 Å². The molecule has 0 atom stereocenters. The van der Waals surface area contributed by atoms with Crippen molar-refractivity contribution in [2.24, 2.45) is 0 Å². The van der Waals surface area contributed by atoms with Gasteiger partial charge in [-0.3, -0.25) is 14.9 Å². The molecule has 0 heterocycles. The van der Waals surface area contributed by atoms with Gasteiger partial charge in [0.25, 0.3) is 11.6 Å². The van der Waals surface area contributed by atoms with Crippen molar-refractivity contribution in [3.05, 3.63) is 67.7 Å². The molecule has 0 aliphatic heterocycles. The fourth-order valence-corrected chi connectivity index (χ4v) is 2.72. The number of nitro benzene ring substituents is 1. The van der Waals surface area contributed by atoms with Crippen LogP contribution in [0.15, 0.2) is 30.3 Å². The smallest absolute Gasteiger partial charge is 0.283 e. The Morgan fingerprint density at radius 3 is 2.65 bits per heavy atom. The van der Waals surface area contributed by atoms with Gasteiger partial charge in [-0.1, -0.05) is 17.7 Å². The molecule has 0 radical (unpaired) electrons. The zero-order valence-electron chi connectivity index (χ0n) is 15.0. The fourth-order valence-electron chi connectivity index (χ4n) is 2.55. The minimum Gasteiger partial charge on any atom is -0.493 e. The van der Waals surface area contributed by atoms with Gasteiger partial charge < -0.3 is 10.1 Å². The van der Waals surface area contributed by atoms with E-state index in [2.05, 4.69) is 11.4 Å². The molecule has 0 aliphatic carbocycles. The molecule has 6 nitrogen and oxygen atoms in total. The largest absolute Gasteiger partial charge is 0.493 e. The Hall–Kier alpha value is -2.60. The first-order valence-electron chi connectivity index (χ1n) is 8.22. The normalized spacial score (nSPS) is 10.5. The number of hydrogen-bond donors (Lipinski definition) is 1. The average molecular weight is 377 g/mol. The molecule has 1 N–H and O–H groups in total. The summed E-state index contributed by atoms with van der Waals surface area (Å²) in [5.41, 5.74) is 3.08. The fraction of sp³-hybridized carbons (Fsp3) is 0.316. The first kappa shape index (κ1) is 19.7. The second kappa shape index (κ2) is 8.67. The maximum absolute atomic E-state index is 12.2. The van der Waals surface area contributed by atoms with Crippen LogP contribution in [0.1, 0.15) is 33.5 Å². The van der Waals surface area contributed by atoms with Crippen LogP contribution >= 0.6 is 11.6 Å². The lowest BCUT2D eigenvalue weighted by Crippen LogP contribution is -2.26. The van der Waals surface area contributed by atoms with Crippen LogP contribution in [-0.2, 0) is 0 Å². The van der Waals surface area contributed by atoms with E-state index in [0.717, 1.165) is 16.9 Å². The van der Waals surface area contributed by atoms with Gasteiger partial charge in [0.15, 0.2) is 0 Å². The minimum absolute atomic E-state index is 0.00882. The highest BCUT2D eigenvalue weighted by Gasteiger charge is 2.20. The highest BCUT2D eigenvalue weighted by molar-refractivity contribution is 6.31. The standard InChI is InChI=1S/C19H21ClN2O4/c1-12-9-13(2)14(3)18(10-12)26-8-4-7-21-19(23)16-6-5-15(20)11-17(16)22(24)25/h5-6,9-11H,4,7-8H2,1-3H3,(H,21,23). The number of hydrogen-bond acceptors (Lipinski definition) is 4. The summed E-state index contributed by atoms with van der Waals surface area (Å²) in [6, 6.07) is 8.06. The van der Waals surface area contributed by atoms with Crippen LogP contribution in [-0.4, -0.2) is 24.0 Å². The number of ether oxygens (including phenoxy) is 1. The second-order valence-electron chi connectivity index (χ2n) is 6.08. The molecular weight excluding hydrogens is 356 g/mol. The van der Waals surface area contributed by atoms with Gasteiger partial charge in [-0.05, 0) is 62.1 Å². The first-order valence-corrected chi connectivity index (χ1v) is 8.60. The number of amides is 1. The summed E-state index contributed by atoms with van der Waals surface area (Å²) in [5.74, 6) is 0.332. The molecule has 7 heteroatoms. The van der Waals surface area contributed by atoms with Crippen molar-refractivity contribution in [3.8, 4) is 5.75 Å². The summed E-state index contributed by atoms with van der Waals surface area (Å²) >= 11 is 5.75. The third kappa shape index (κ3) is 4.95. The zero-order valence-corrected chi connectivity index (χ0v) is 15.7. The monoisotopic (exact) mass is 376 g/mol. The molecule has 26 heavy (non-hydrogen) atoms. The lowest BCUT2D eigenvalue weighted by atomic mass is 10.1. The van der Waals surface area contributed by atoms with E-state index in [0.29, 0.717) is 19.6 Å². The topological polar surface area (TPSA) is 81.5 Å². The van der Waals surface area contributed by atoms with Gasteiger partial charge in [-0.15, -0.1) is 0 Å². The lowest BCUT2D eigenvalue weighted by Gasteiger charge is -2.12. The number of benzene rings is 2. The van der Waals surface area contributed by atoms with Crippen molar-refractivity contribution in [1.82, 2.24) is 5.32 Å². The van der Waals surface area contributed by atoms with Crippen LogP contribution in [0.5, 0.6) is 5.75 Å². The van der Waals surface area contributed by atoms with Crippen LogP contribution in [0.4, 0.5) is 5.69 Å². The van der Waals surface area contributed by atoms with E-state index in [1.165, 1.54) is 23.8 Å². The first-order chi connectivity index (χ1) is 12.3. The third-order valence-electron chi connectivity index (χ3n) is 4.03. The van der Waals surface area contributed by atoms with Crippen LogP contribution in [0.2, 0.25) is 5.02 Å². The molecule has 0 fully saturated rings. The predicted octanol–water partition coefficient (Wildman–Crippen LogP) is 4.37. The molecule has 2 rings (SSSR count). The third-order valence-corrected chi connectivity index (χ3v) is 4.26. The summed E-state index contributed by atoms with van der Waals surface area (Å²) in [6.45, 7) is 6.84. The quantitative estimate of drug-likeness (QED) is 0.442. The van der Waals surface area contributed by atoms with Crippen LogP contribution in [0, 0.1) is 30.9 Å². The predicted molar refractivity (Wildman–Crippen MR) is 101 cm³/mol. The van der Waals surface area contributed by atoms with Crippen molar-refractivity contribution < 1.29 is 14.5 Å². The van der Waals surface area contributed by atoms with Gasteiger partial charge in [0, 0.05) is 17.6 Å². The molecule has 0 unspecified atom stereocenters. The Labute approximate surface area is 157 Å². The van der Waals surface area contributed by atoms with Crippen molar-refractivity contribution in [2.45, 2.75) is 27.2 Å². The number of rotatable bonds is 7. The molecule has 0 aliphatic rings. The Bertz CT molecular complexity index is 837. The summed E-state index contributed by atoms with van der Waals surface area (Å²) in [5, 5.41) is 13.9. The molecule has 0 bridgehead atoms. The summed E-state index contributed by atoms with van der Waals surface area (Å²) < 4.78 is 5.79. The summed E-state index contributed by atoms with van der Waals surface area (Å²) in [7, 11) is 0. The van der Waals surface area contributed by atoms with Crippen LogP contribution in [0.25, 0.3) is 0 Å². The Morgan fingerprint density at radius 1 is 1.23 bits per heavy atom. The Kier molecular flexibility index (Phi) is 6.58. The Balaban J connectivity index is 1.87. The highest BCUT2D eigenvalue weighted by Crippen LogP contribution is 2.24. The van der Waals surface area contributed by atoms with E-state index < -0.39 is 10.8 Å². The number of nitrogens with zero attached hydrogens (tertiary/aromatic N) is 1. The SMILES string of the molecule is Cc1cc(C)c(C)c(OCCCNC(=O)c2ccc(Cl)cc2[N+](=O)[O-])c1. The summed E-state index contributed by atoms with van der Waals surface area (Å²) in [4.78, 5) is 22.6. The molecule has 138 valence electrons. The van der Waals surface area contributed by atoms with E-state index in [4.69, 9.17) is 16.3 Å². The van der Waals surface area contributed by atoms with Gasteiger partial charge >= 0.3 is 0 Å². The van der Waals surface area contributed by atoms with E-state index in [1.54, 1.807) is 0 Å². The number of nitro groups is 1. The minimum atomic E-state index is -0.618. The maximum atomic E-state index is 12.2. The van der Waals surface area contributed by atoms with E-state index in [-0.39, 0.29) is 16.3 Å². The number of halogens is 1. The molecule has 0 spiro atoms. The summed E-state index contributed by atoms with van der Waals surface area (Å²) in [6.07, 6.45) is 0.583. The lowest BCUT2D eigenvalue weighted by molar-refractivity contribution is -0.385. The van der Waals surface area contributed by atoms with E-state index in [1.807, 2.05) is 26.8 Å². The molecule has 2 aromatic carbocycles. The second-order valence-corrected chi connectivity index (χ2v) is 6.52. The zero-order chi connectivity index (χ0) is 19.3. The van der Waals surface area contributed by atoms with Crippen molar-refractivity contribution in [1.29, 1.82) is 0 Å². The van der Waals surface area contributed by atoms with Crippen LogP contribution in [0.3, 0.4) is 0 Å². The number of aryl methyl sites for hydroxylation is 2. The molecule has 0 saturated carbocycles. The number of carbonyl (C=O) groups excluding carboxylic acids is 1. The highest BCUT2D eigenvalue weighted by atomic mass is 35.5. The molecule has 1 amide bonds. The van der Waals surface area contributed by atoms with E-state index >= 15 is 0 Å². The maximum Gasteiger partial charge on any atom is 0.283 e. The number of carbonyl (C=O) groups is 1. The molecule has 0 aromatic heterocycles. The van der Waals surface area contributed by atoms with Crippen molar-refractivity contribution in [3.63, 3.8) is 0 Å². The van der Waals surface area contributed by atoms with E-state index in [9.17, 15) is 14.9 Å². The van der Waals surface area contributed by atoms with Crippen molar-refractivity contribution in [2.75, 3.05) is 13.2 Å². The average Bonchev–Trinajstić information content (AvgIpc) is 2.58. The van der Waals surface area contributed by atoms with Gasteiger partial charge in [0.05, 0.1) is 11.5 Å². The Morgan fingerprint density at radius 2 is 1.96 bits per heavy atom. The van der Waals surface area contributed by atoms with Gasteiger partial charge in [0.1, 0.15) is 11.3 Å². The molecular formula is C19H21ClN2O4.